The number of rotatable bonds is 5. The number of imidazole rings is 1. The van der Waals surface area contributed by atoms with Crippen LogP contribution in [0.5, 0.6) is 0 Å². The van der Waals surface area contributed by atoms with Gasteiger partial charge in [-0.05, 0) is 13.8 Å². The molecule has 0 unspecified atom stereocenters. The second kappa shape index (κ2) is 5.17. The molecule has 0 aliphatic rings. The molecule has 2 N–H and O–H groups in total. The van der Waals surface area contributed by atoms with E-state index < -0.39 is 10.0 Å². The van der Waals surface area contributed by atoms with Crippen LogP contribution in [0.4, 0.5) is 0 Å². The molecule has 0 aliphatic carbocycles. The van der Waals surface area contributed by atoms with Gasteiger partial charge in [0.15, 0.2) is 5.03 Å². The Morgan fingerprint density at radius 2 is 2.22 bits per heavy atom. The smallest absolute Gasteiger partial charge is 0.257 e. The summed E-state index contributed by atoms with van der Waals surface area (Å²) in [5, 5.41) is 3.01. The van der Waals surface area contributed by atoms with Gasteiger partial charge in [0, 0.05) is 18.3 Å². The standard InChI is InChI=1S/C10H14N4O2S2/c1-7-11-5-10(13-7)18(15,16)12-4-3-9-6-17-8(2)14-9/h5-6,12H,3-4H2,1-2H3,(H,11,13). The SMILES string of the molecule is Cc1ncc(S(=O)(=O)NCCc2csc(C)n2)[nH]1. The summed E-state index contributed by atoms with van der Waals surface area (Å²) < 4.78 is 26.2. The lowest BCUT2D eigenvalue weighted by Gasteiger charge is -2.02. The lowest BCUT2D eigenvalue weighted by atomic mass is 10.3. The third-order valence-electron chi connectivity index (χ3n) is 2.31. The van der Waals surface area contributed by atoms with Crippen molar-refractivity contribution in [1.29, 1.82) is 0 Å². The van der Waals surface area contributed by atoms with Crippen molar-refractivity contribution in [3.05, 3.63) is 28.1 Å². The highest BCUT2D eigenvalue weighted by atomic mass is 32.2. The molecule has 2 rings (SSSR count). The third kappa shape index (κ3) is 3.15. The first-order valence-corrected chi connectivity index (χ1v) is 7.76. The second-order valence-corrected chi connectivity index (χ2v) is 6.64. The van der Waals surface area contributed by atoms with Gasteiger partial charge in [-0.3, -0.25) is 0 Å². The Kier molecular flexibility index (Phi) is 3.79. The number of sulfonamides is 1. The molecule has 18 heavy (non-hydrogen) atoms. The molecule has 6 nitrogen and oxygen atoms in total. The first-order valence-electron chi connectivity index (χ1n) is 5.39. The number of aromatic nitrogens is 3. The zero-order chi connectivity index (χ0) is 13.2. The fourth-order valence-electron chi connectivity index (χ4n) is 1.45. The van der Waals surface area contributed by atoms with E-state index in [-0.39, 0.29) is 5.03 Å². The van der Waals surface area contributed by atoms with E-state index in [1.807, 2.05) is 12.3 Å². The van der Waals surface area contributed by atoms with E-state index in [2.05, 4.69) is 19.7 Å². The van der Waals surface area contributed by atoms with Crippen molar-refractivity contribution in [2.75, 3.05) is 6.54 Å². The van der Waals surface area contributed by atoms with Gasteiger partial charge in [0.05, 0.1) is 16.9 Å². The van der Waals surface area contributed by atoms with Crippen LogP contribution in [0.1, 0.15) is 16.5 Å². The average Bonchev–Trinajstić information content (AvgIpc) is 2.88. The second-order valence-electron chi connectivity index (χ2n) is 3.84. The van der Waals surface area contributed by atoms with Gasteiger partial charge in [-0.15, -0.1) is 11.3 Å². The van der Waals surface area contributed by atoms with Crippen LogP contribution in [0.3, 0.4) is 0 Å². The summed E-state index contributed by atoms with van der Waals surface area (Å²) in [7, 11) is -3.50. The van der Waals surface area contributed by atoms with Crippen molar-refractivity contribution in [2.24, 2.45) is 0 Å². The van der Waals surface area contributed by atoms with E-state index in [0.29, 0.717) is 18.8 Å². The molecule has 0 radical (unpaired) electrons. The molecule has 2 aromatic heterocycles. The lowest BCUT2D eigenvalue weighted by Crippen LogP contribution is -2.26. The van der Waals surface area contributed by atoms with Crippen molar-refractivity contribution in [1.82, 2.24) is 19.7 Å². The predicted molar refractivity (Wildman–Crippen MR) is 69.1 cm³/mol. The van der Waals surface area contributed by atoms with E-state index in [0.717, 1.165) is 10.7 Å². The normalized spacial score (nSPS) is 11.9. The van der Waals surface area contributed by atoms with Gasteiger partial charge in [0.25, 0.3) is 10.0 Å². The molecular weight excluding hydrogens is 272 g/mol. The van der Waals surface area contributed by atoms with Crippen LogP contribution in [-0.2, 0) is 16.4 Å². The predicted octanol–water partition coefficient (Wildman–Crippen LogP) is 1.00. The third-order valence-corrected chi connectivity index (χ3v) is 4.50. The summed E-state index contributed by atoms with van der Waals surface area (Å²) in [6.07, 6.45) is 1.89. The van der Waals surface area contributed by atoms with E-state index in [9.17, 15) is 8.42 Å². The van der Waals surface area contributed by atoms with Crippen molar-refractivity contribution in [2.45, 2.75) is 25.3 Å². The van der Waals surface area contributed by atoms with Crippen LogP contribution in [-0.4, -0.2) is 29.9 Å². The highest BCUT2D eigenvalue weighted by Gasteiger charge is 2.15. The monoisotopic (exact) mass is 286 g/mol. The Morgan fingerprint density at radius 3 is 2.78 bits per heavy atom. The quantitative estimate of drug-likeness (QED) is 0.858. The maximum absolute atomic E-state index is 11.8. The maximum atomic E-state index is 11.8. The van der Waals surface area contributed by atoms with Gasteiger partial charge in [0.2, 0.25) is 0 Å². The molecule has 0 aliphatic heterocycles. The highest BCUT2D eigenvalue weighted by Crippen LogP contribution is 2.09. The highest BCUT2D eigenvalue weighted by molar-refractivity contribution is 7.89. The lowest BCUT2D eigenvalue weighted by molar-refractivity contribution is 0.578. The zero-order valence-electron chi connectivity index (χ0n) is 10.1. The van der Waals surface area contributed by atoms with E-state index in [4.69, 9.17) is 0 Å². The Bertz CT molecular complexity index is 630. The Labute approximate surface area is 110 Å². The number of hydrogen-bond donors (Lipinski definition) is 2. The zero-order valence-corrected chi connectivity index (χ0v) is 11.7. The van der Waals surface area contributed by atoms with Crippen LogP contribution in [0.15, 0.2) is 16.6 Å². The number of nitrogens with one attached hydrogen (secondary N) is 2. The van der Waals surface area contributed by atoms with Crippen molar-refractivity contribution < 1.29 is 8.42 Å². The largest absolute Gasteiger partial charge is 0.332 e. The molecule has 0 bridgehead atoms. The molecule has 2 heterocycles. The molecule has 8 heteroatoms. The number of thiazole rings is 1. The molecule has 0 fully saturated rings. The van der Waals surface area contributed by atoms with Gasteiger partial charge >= 0.3 is 0 Å². The van der Waals surface area contributed by atoms with Gasteiger partial charge in [0.1, 0.15) is 5.82 Å². The van der Waals surface area contributed by atoms with Crippen molar-refractivity contribution in [3.63, 3.8) is 0 Å². The van der Waals surface area contributed by atoms with Crippen LogP contribution in [0, 0.1) is 13.8 Å². The molecule has 2 aromatic rings. The van der Waals surface area contributed by atoms with Gasteiger partial charge in [-0.25, -0.2) is 23.1 Å². The van der Waals surface area contributed by atoms with Crippen LogP contribution < -0.4 is 4.72 Å². The van der Waals surface area contributed by atoms with Gasteiger partial charge < -0.3 is 4.98 Å². The van der Waals surface area contributed by atoms with Crippen LogP contribution in [0.2, 0.25) is 0 Å². The molecule has 98 valence electrons. The Balaban J connectivity index is 1.93. The molecule has 0 saturated carbocycles. The molecule has 0 saturated heterocycles. The van der Waals surface area contributed by atoms with Crippen LogP contribution in [0.25, 0.3) is 0 Å². The molecule has 0 amide bonds. The molecule has 0 atom stereocenters. The van der Waals surface area contributed by atoms with E-state index in [1.165, 1.54) is 6.20 Å². The fraction of sp³-hybridized carbons (Fsp3) is 0.400. The van der Waals surface area contributed by atoms with Crippen LogP contribution >= 0.6 is 11.3 Å². The van der Waals surface area contributed by atoms with E-state index in [1.54, 1.807) is 18.3 Å². The maximum Gasteiger partial charge on any atom is 0.257 e. The number of nitrogens with zero attached hydrogens (tertiary/aromatic N) is 2. The summed E-state index contributed by atoms with van der Waals surface area (Å²) in [5.74, 6) is 0.575. The first kappa shape index (κ1) is 13.2. The van der Waals surface area contributed by atoms with Crippen molar-refractivity contribution >= 4 is 21.4 Å². The Morgan fingerprint density at radius 1 is 1.44 bits per heavy atom. The summed E-state index contributed by atoms with van der Waals surface area (Å²) in [6.45, 7) is 3.95. The summed E-state index contributed by atoms with van der Waals surface area (Å²) in [5.41, 5.74) is 0.904. The topological polar surface area (TPSA) is 87.7 Å². The van der Waals surface area contributed by atoms with Gasteiger partial charge in [-0.2, -0.15) is 0 Å². The van der Waals surface area contributed by atoms with Gasteiger partial charge in [-0.1, -0.05) is 0 Å². The average molecular weight is 286 g/mol. The van der Waals surface area contributed by atoms with E-state index >= 15 is 0 Å². The number of H-pyrrole nitrogens is 1. The Hall–Kier alpha value is -1.25. The summed E-state index contributed by atoms with van der Waals surface area (Å²) in [4.78, 5) is 10.8. The fourth-order valence-corrected chi connectivity index (χ4v) is 3.10. The minimum Gasteiger partial charge on any atom is -0.332 e. The number of hydrogen-bond acceptors (Lipinski definition) is 5. The molecule has 0 spiro atoms. The number of aromatic amines is 1. The molecular formula is C10H14N4O2S2. The minimum absolute atomic E-state index is 0.0921. The summed E-state index contributed by atoms with van der Waals surface area (Å²) in [6, 6.07) is 0. The molecule has 0 aromatic carbocycles. The minimum atomic E-state index is -3.50. The number of aryl methyl sites for hydroxylation is 2. The first-order chi connectivity index (χ1) is 8.47. The van der Waals surface area contributed by atoms with Crippen molar-refractivity contribution in [3.8, 4) is 0 Å². The summed E-state index contributed by atoms with van der Waals surface area (Å²) >= 11 is 1.56.